The van der Waals surface area contributed by atoms with Gasteiger partial charge in [0.2, 0.25) is 0 Å². The molecular formula is C19H34FIN4O. The molecule has 26 heavy (non-hydrogen) atoms. The van der Waals surface area contributed by atoms with Gasteiger partial charge in [-0.25, -0.2) is 9.38 Å². The second-order valence-corrected chi connectivity index (χ2v) is 6.42. The third-order valence-electron chi connectivity index (χ3n) is 4.05. The van der Waals surface area contributed by atoms with Gasteiger partial charge in [0, 0.05) is 33.8 Å². The highest BCUT2D eigenvalue weighted by atomic mass is 127. The monoisotopic (exact) mass is 480 g/mol. The van der Waals surface area contributed by atoms with Crippen molar-refractivity contribution >= 4 is 35.6 Å². The summed E-state index contributed by atoms with van der Waals surface area (Å²) in [5.74, 6) is 0.913. The van der Waals surface area contributed by atoms with Crippen molar-refractivity contribution < 1.29 is 9.50 Å². The zero-order valence-electron chi connectivity index (χ0n) is 16.4. The van der Waals surface area contributed by atoms with E-state index in [1.54, 1.807) is 11.0 Å². The minimum atomic E-state index is -0.235. The number of benzene rings is 1. The Kier molecular flexibility index (Phi) is 13.4. The van der Waals surface area contributed by atoms with E-state index in [1.807, 2.05) is 27.1 Å². The highest BCUT2D eigenvalue weighted by molar-refractivity contribution is 14.0. The molecule has 0 amide bonds. The van der Waals surface area contributed by atoms with Gasteiger partial charge in [-0.15, -0.1) is 24.0 Å². The summed E-state index contributed by atoms with van der Waals surface area (Å²) in [7, 11) is 3.64. The van der Waals surface area contributed by atoms with E-state index in [0.29, 0.717) is 18.2 Å². The molecule has 0 spiro atoms. The normalized spacial score (nSPS) is 12.3. The molecule has 0 saturated carbocycles. The second-order valence-electron chi connectivity index (χ2n) is 6.42. The topological polar surface area (TPSA) is 59.9 Å². The Bertz CT molecular complexity index is 534. The molecule has 0 radical (unpaired) electrons. The van der Waals surface area contributed by atoms with Crippen LogP contribution in [0.2, 0.25) is 0 Å². The lowest BCUT2D eigenvalue weighted by Crippen LogP contribution is -2.40. The lowest BCUT2D eigenvalue weighted by atomic mass is 10.0. The van der Waals surface area contributed by atoms with Crippen LogP contribution in [0.15, 0.2) is 23.2 Å². The van der Waals surface area contributed by atoms with Gasteiger partial charge in [0.25, 0.3) is 0 Å². The summed E-state index contributed by atoms with van der Waals surface area (Å²) in [5, 5.41) is 15.7. The summed E-state index contributed by atoms with van der Waals surface area (Å²) >= 11 is 0. The van der Waals surface area contributed by atoms with Gasteiger partial charge in [-0.3, -0.25) is 0 Å². The van der Waals surface area contributed by atoms with Crippen LogP contribution in [0, 0.1) is 11.7 Å². The summed E-state index contributed by atoms with van der Waals surface area (Å²) < 4.78 is 14.1. The summed E-state index contributed by atoms with van der Waals surface area (Å²) in [6, 6.07) is 5.21. The van der Waals surface area contributed by atoms with Crippen molar-refractivity contribution in [2.45, 2.75) is 39.7 Å². The molecule has 0 bridgehead atoms. The van der Waals surface area contributed by atoms with Crippen molar-refractivity contribution in [3.05, 3.63) is 29.6 Å². The van der Waals surface area contributed by atoms with E-state index >= 15 is 0 Å². The summed E-state index contributed by atoms with van der Waals surface area (Å²) in [6.45, 7) is 6.32. The predicted octanol–water partition coefficient (Wildman–Crippen LogP) is 3.36. The quantitative estimate of drug-likeness (QED) is 0.273. The van der Waals surface area contributed by atoms with Gasteiger partial charge in [0.15, 0.2) is 5.96 Å². The van der Waals surface area contributed by atoms with E-state index in [0.717, 1.165) is 43.9 Å². The number of hydrogen-bond acceptors (Lipinski definition) is 3. The van der Waals surface area contributed by atoms with Crippen molar-refractivity contribution in [3.8, 4) is 0 Å². The Morgan fingerprint density at radius 2 is 1.96 bits per heavy atom. The molecule has 1 unspecified atom stereocenters. The van der Waals surface area contributed by atoms with Crippen LogP contribution in [0.1, 0.15) is 38.7 Å². The molecule has 0 aromatic heterocycles. The molecule has 7 heteroatoms. The van der Waals surface area contributed by atoms with Gasteiger partial charge in [-0.2, -0.15) is 0 Å². The van der Waals surface area contributed by atoms with Gasteiger partial charge in [-0.05, 0) is 43.4 Å². The van der Waals surface area contributed by atoms with Crippen LogP contribution in [0.5, 0.6) is 0 Å². The van der Waals surface area contributed by atoms with Crippen LogP contribution in [0.3, 0.4) is 0 Å². The zero-order chi connectivity index (χ0) is 18.7. The van der Waals surface area contributed by atoms with Gasteiger partial charge in [-0.1, -0.05) is 19.4 Å². The summed E-state index contributed by atoms with van der Waals surface area (Å²) in [4.78, 5) is 6.30. The zero-order valence-corrected chi connectivity index (χ0v) is 18.7. The first-order chi connectivity index (χ1) is 12.0. The van der Waals surface area contributed by atoms with Crippen molar-refractivity contribution in [3.63, 3.8) is 0 Å². The van der Waals surface area contributed by atoms with E-state index in [4.69, 9.17) is 5.11 Å². The number of nitrogens with one attached hydrogen (secondary N) is 2. The van der Waals surface area contributed by atoms with Gasteiger partial charge >= 0.3 is 0 Å². The number of aliphatic hydroxyl groups excluding tert-OH is 1. The van der Waals surface area contributed by atoms with Crippen molar-refractivity contribution in [2.75, 3.05) is 38.7 Å². The molecule has 3 N–H and O–H groups in total. The molecule has 1 rings (SSSR count). The third-order valence-corrected chi connectivity index (χ3v) is 4.05. The maximum Gasteiger partial charge on any atom is 0.191 e. The van der Waals surface area contributed by atoms with Crippen molar-refractivity contribution in [1.82, 2.24) is 10.6 Å². The first-order valence-corrected chi connectivity index (χ1v) is 9.10. The van der Waals surface area contributed by atoms with Crippen LogP contribution >= 0.6 is 24.0 Å². The molecule has 150 valence electrons. The first-order valence-electron chi connectivity index (χ1n) is 9.10. The van der Waals surface area contributed by atoms with E-state index in [-0.39, 0.29) is 36.4 Å². The van der Waals surface area contributed by atoms with Crippen LogP contribution in [0.25, 0.3) is 0 Å². The van der Waals surface area contributed by atoms with Crippen molar-refractivity contribution in [2.24, 2.45) is 10.9 Å². The lowest BCUT2D eigenvalue weighted by Gasteiger charge is -2.18. The largest absolute Gasteiger partial charge is 0.396 e. The van der Waals surface area contributed by atoms with Gasteiger partial charge in [0.05, 0.1) is 12.2 Å². The van der Waals surface area contributed by atoms with Crippen LogP contribution < -0.4 is 15.5 Å². The number of hydrogen-bond donors (Lipinski definition) is 3. The molecular weight excluding hydrogens is 446 g/mol. The molecule has 0 aliphatic carbocycles. The van der Waals surface area contributed by atoms with Gasteiger partial charge in [0.1, 0.15) is 5.82 Å². The molecule has 0 aliphatic rings. The minimum absolute atomic E-state index is 0. The van der Waals surface area contributed by atoms with E-state index in [9.17, 15) is 4.39 Å². The third kappa shape index (κ3) is 9.02. The van der Waals surface area contributed by atoms with Crippen molar-refractivity contribution in [1.29, 1.82) is 0 Å². The number of aliphatic hydroxyl groups is 1. The molecule has 1 aromatic rings. The van der Waals surface area contributed by atoms with Crippen LogP contribution in [0.4, 0.5) is 10.1 Å². The Morgan fingerprint density at radius 1 is 1.23 bits per heavy atom. The van der Waals surface area contributed by atoms with E-state index < -0.39 is 0 Å². The number of aliphatic imine (C=N–C) groups is 1. The Hall–Kier alpha value is -1.09. The van der Waals surface area contributed by atoms with Gasteiger partial charge < -0.3 is 20.6 Å². The average molecular weight is 480 g/mol. The number of halogens is 2. The highest BCUT2D eigenvalue weighted by Crippen LogP contribution is 2.18. The summed E-state index contributed by atoms with van der Waals surface area (Å²) in [5.41, 5.74) is 1.41. The molecule has 1 aromatic carbocycles. The molecule has 5 nitrogen and oxygen atoms in total. The fraction of sp³-hybridized carbons (Fsp3) is 0.632. The molecule has 1 atom stereocenters. The fourth-order valence-electron chi connectivity index (χ4n) is 2.70. The predicted molar refractivity (Wildman–Crippen MR) is 119 cm³/mol. The number of anilines is 1. The average Bonchev–Trinajstić information content (AvgIpc) is 2.57. The maximum atomic E-state index is 14.1. The minimum Gasteiger partial charge on any atom is -0.396 e. The van der Waals surface area contributed by atoms with Crippen LogP contribution in [-0.2, 0) is 6.54 Å². The highest BCUT2D eigenvalue weighted by Gasteiger charge is 2.09. The molecule has 0 saturated heterocycles. The number of nitrogens with zero attached hydrogens (tertiary/aromatic N) is 2. The lowest BCUT2D eigenvalue weighted by molar-refractivity contribution is 0.251. The molecule has 0 aliphatic heterocycles. The van der Waals surface area contributed by atoms with E-state index in [1.165, 1.54) is 6.07 Å². The fourth-order valence-corrected chi connectivity index (χ4v) is 2.70. The number of guanidine groups is 1. The second kappa shape index (κ2) is 14.0. The molecule has 0 heterocycles. The Labute approximate surface area is 174 Å². The Morgan fingerprint density at radius 3 is 2.50 bits per heavy atom. The summed E-state index contributed by atoms with van der Waals surface area (Å²) in [6.07, 6.45) is 2.96. The number of rotatable bonds is 10. The SMILES string of the molecule is CCCC(CCO)CNC(=NCc1ccc(N(C)C)c(F)c1)NCC.I. The maximum absolute atomic E-state index is 14.1. The van der Waals surface area contributed by atoms with E-state index in [2.05, 4.69) is 22.5 Å². The van der Waals surface area contributed by atoms with Crippen LogP contribution in [-0.4, -0.2) is 44.9 Å². The molecule has 0 fully saturated rings. The first kappa shape index (κ1) is 24.9. The standard InChI is InChI=1S/C19H33FN4O.HI/c1-5-7-15(10-11-25)13-22-19(21-6-2)23-14-16-8-9-18(24(3)4)17(20)12-16;/h8-9,12,15,25H,5-7,10-11,13-14H2,1-4H3,(H2,21,22,23);1H. The Balaban J connectivity index is 0.00000625. The smallest absolute Gasteiger partial charge is 0.191 e.